The molecule has 0 aliphatic carbocycles. The van der Waals surface area contributed by atoms with Gasteiger partial charge in [0.05, 0.1) is 11.9 Å². The van der Waals surface area contributed by atoms with E-state index >= 15 is 0 Å². The van der Waals surface area contributed by atoms with Crippen molar-refractivity contribution in [3.05, 3.63) is 63.1 Å². The summed E-state index contributed by atoms with van der Waals surface area (Å²) in [6, 6.07) is 9.85. The van der Waals surface area contributed by atoms with Gasteiger partial charge in [0.2, 0.25) is 0 Å². The molecule has 28 heavy (non-hydrogen) atoms. The predicted molar refractivity (Wildman–Crippen MR) is 110 cm³/mol. The fourth-order valence-electron chi connectivity index (χ4n) is 3.45. The summed E-state index contributed by atoms with van der Waals surface area (Å²) in [7, 11) is 0. The number of nitrogens with zero attached hydrogens (tertiary/aromatic N) is 4. The smallest absolute Gasteiger partial charge is 0.332 e. The molecule has 7 nitrogen and oxygen atoms in total. The van der Waals surface area contributed by atoms with Crippen LogP contribution in [0.3, 0.4) is 0 Å². The average Bonchev–Trinajstić information content (AvgIpc) is 3.05. The second kappa shape index (κ2) is 8.14. The quantitative estimate of drug-likeness (QED) is 0.605. The van der Waals surface area contributed by atoms with Crippen LogP contribution in [-0.4, -0.2) is 29.4 Å². The number of aryl methyl sites for hydroxylation is 1. The summed E-state index contributed by atoms with van der Waals surface area (Å²) in [5.41, 5.74) is 0.572. The third kappa shape index (κ3) is 4.25. The molecule has 7 heteroatoms. The van der Waals surface area contributed by atoms with E-state index in [-0.39, 0.29) is 11.2 Å². The molecule has 3 aromatic rings. The van der Waals surface area contributed by atoms with Crippen molar-refractivity contribution in [1.82, 2.24) is 18.7 Å². The Labute approximate surface area is 163 Å². The molecule has 0 bridgehead atoms. The fraction of sp³-hybridized carbons (Fsp3) is 0.476. The average molecular weight is 384 g/mol. The van der Waals surface area contributed by atoms with Crippen LogP contribution >= 0.6 is 0 Å². The van der Waals surface area contributed by atoms with Crippen molar-refractivity contribution in [2.45, 2.75) is 65.3 Å². The van der Waals surface area contributed by atoms with Crippen LogP contribution in [-0.2, 0) is 19.6 Å². The standard InChI is InChI=1S/C21H28N4O3/c1-4-24-18-17(23(15-22-18)14-16-10-6-5-7-11-16)19(26)25(20(24)27)13-9-8-12-21(2,3)28/h5-7,10-11,15,28H,4,8-9,12-14H2,1-3H3. The Bertz CT molecular complexity index is 1060. The fourth-order valence-corrected chi connectivity index (χ4v) is 3.45. The highest BCUT2D eigenvalue weighted by Gasteiger charge is 2.18. The van der Waals surface area contributed by atoms with Crippen LogP contribution in [0.25, 0.3) is 11.2 Å². The molecule has 0 saturated carbocycles. The molecule has 0 atom stereocenters. The first kappa shape index (κ1) is 20.1. The van der Waals surface area contributed by atoms with Gasteiger partial charge < -0.3 is 9.67 Å². The van der Waals surface area contributed by atoms with Gasteiger partial charge in [-0.25, -0.2) is 9.78 Å². The molecule has 0 spiro atoms. The van der Waals surface area contributed by atoms with Crippen LogP contribution in [0.1, 0.15) is 45.6 Å². The van der Waals surface area contributed by atoms with Gasteiger partial charge >= 0.3 is 5.69 Å². The molecule has 3 rings (SSSR count). The number of aromatic nitrogens is 4. The van der Waals surface area contributed by atoms with E-state index in [1.165, 1.54) is 4.57 Å². The number of rotatable bonds is 8. The maximum Gasteiger partial charge on any atom is 0.332 e. The molecule has 0 aliphatic rings. The van der Waals surface area contributed by atoms with Crippen LogP contribution in [0.4, 0.5) is 0 Å². The topological polar surface area (TPSA) is 82.0 Å². The molecule has 0 fully saturated rings. The summed E-state index contributed by atoms with van der Waals surface area (Å²) in [4.78, 5) is 30.3. The molecule has 0 aliphatic heterocycles. The monoisotopic (exact) mass is 384 g/mol. The molecular formula is C21H28N4O3. The van der Waals surface area contributed by atoms with Crippen molar-refractivity contribution in [3.8, 4) is 0 Å². The second-order valence-corrected chi connectivity index (χ2v) is 7.78. The third-order valence-electron chi connectivity index (χ3n) is 4.92. The van der Waals surface area contributed by atoms with Gasteiger partial charge in [-0.1, -0.05) is 30.3 Å². The summed E-state index contributed by atoms with van der Waals surface area (Å²) < 4.78 is 4.67. The zero-order chi connectivity index (χ0) is 20.3. The van der Waals surface area contributed by atoms with E-state index in [0.717, 1.165) is 12.0 Å². The Balaban J connectivity index is 1.98. The zero-order valence-corrected chi connectivity index (χ0v) is 16.8. The lowest BCUT2D eigenvalue weighted by molar-refractivity contribution is 0.0678. The lowest BCUT2D eigenvalue weighted by Crippen LogP contribution is -2.40. The Morgan fingerprint density at radius 1 is 1.07 bits per heavy atom. The number of aliphatic hydroxyl groups is 1. The largest absolute Gasteiger partial charge is 0.390 e. The molecule has 0 amide bonds. The maximum absolute atomic E-state index is 13.1. The molecule has 2 heterocycles. The molecule has 1 N–H and O–H groups in total. The molecule has 2 aromatic heterocycles. The maximum atomic E-state index is 13.1. The highest BCUT2D eigenvalue weighted by Crippen LogP contribution is 2.13. The van der Waals surface area contributed by atoms with Gasteiger partial charge in [-0.2, -0.15) is 0 Å². The van der Waals surface area contributed by atoms with E-state index in [2.05, 4.69) is 4.98 Å². The van der Waals surface area contributed by atoms with Crippen molar-refractivity contribution >= 4 is 11.2 Å². The van der Waals surface area contributed by atoms with Gasteiger partial charge in [-0.15, -0.1) is 0 Å². The minimum atomic E-state index is -0.743. The van der Waals surface area contributed by atoms with Crippen molar-refractivity contribution in [2.75, 3.05) is 0 Å². The predicted octanol–water partition coefficient (Wildman–Crippen LogP) is 2.37. The van der Waals surface area contributed by atoms with Crippen LogP contribution in [0, 0.1) is 0 Å². The van der Waals surface area contributed by atoms with Crippen LogP contribution < -0.4 is 11.2 Å². The molecule has 0 saturated heterocycles. The number of hydrogen-bond donors (Lipinski definition) is 1. The van der Waals surface area contributed by atoms with Crippen LogP contribution in [0.15, 0.2) is 46.2 Å². The number of imidazole rings is 1. The van der Waals surface area contributed by atoms with Gasteiger partial charge in [-0.3, -0.25) is 13.9 Å². The summed E-state index contributed by atoms with van der Waals surface area (Å²) >= 11 is 0. The first-order valence-corrected chi connectivity index (χ1v) is 9.76. The van der Waals surface area contributed by atoms with Crippen LogP contribution in [0.2, 0.25) is 0 Å². The van der Waals surface area contributed by atoms with Crippen molar-refractivity contribution < 1.29 is 5.11 Å². The molecule has 0 radical (unpaired) electrons. The first-order valence-electron chi connectivity index (χ1n) is 9.76. The van der Waals surface area contributed by atoms with Gasteiger partial charge in [0, 0.05) is 19.6 Å². The van der Waals surface area contributed by atoms with E-state index < -0.39 is 5.60 Å². The van der Waals surface area contributed by atoms with Gasteiger partial charge in [0.1, 0.15) is 0 Å². The Kier molecular flexibility index (Phi) is 5.84. The van der Waals surface area contributed by atoms with Gasteiger partial charge in [0.25, 0.3) is 5.56 Å². The van der Waals surface area contributed by atoms with Gasteiger partial charge in [0.15, 0.2) is 11.2 Å². The highest BCUT2D eigenvalue weighted by atomic mass is 16.3. The van der Waals surface area contributed by atoms with Gasteiger partial charge in [-0.05, 0) is 45.6 Å². The van der Waals surface area contributed by atoms with E-state index in [0.29, 0.717) is 43.6 Å². The number of unbranched alkanes of at least 4 members (excludes halogenated alkanes) is 1. The van der Waals surface area contributed by atoms with Crippen LogP contribution in [0.5, 0.6) is 0 Å². The molecule has 1 aromatic carbocycles. The Morgan fingerprint density at radius 3 is 2.43 bits per heavy atom. The van der Waals surface area contributed by atoms with Crippen molar-refractivity contribution in [1.29, 1.82) is 0 Å². The van der Waals surface area contributed by atoms with E-state index in [1.54, 1.807) is 24.7 Å². The van der Waals surface area contributed by atoms with E-state index in [1.807, 2.05) is 41.8 Å². The lowest BCUT2D eigenvalue weighted by Gasteiger charge is -2.16. The number of fused-ring (bicyclic) bond motifs is 1. The summed E-state index contributed by atoms with van der Waals surface area (Å²) in [6.07, 6.45) is 3.64. The lowest BCUT2D eigenvalue weighted by atomic mass is 10.0. The minimum Gasteiger partial charge on any atom is -0.390 e. The SMILES string of the molecule is CCn1c(=O)n(CCCCC(C)(C)O)c(=O)c2c1ncn2Cc1ccccc1. The van der Waals surface area contributed by atoms with Crippen molar-refractivity contribution in [2.24, 2.45) is 0 Å². The number of benzene rings is 1. The highest BCUT2D eigenvalue weighted by molar-refractivity contribution is 5.70. The Hall–Kier alpha value is -2.67. The second-order valence-electron chi connectivity index (χ2n) is 7.78. The van der Waals surface area contributed by atoms with Crippen molar-refractivity contribution in [3.63, 3.8) is 0 Å². The molecular weight excluding hydrogens is 356 g/mol. The van der Waals surface area contributed by atoms with E-state index in [4.69, 9.17) is 0 Å². The molecule has 150 valence electrons. The Morgan fingerprint density at radius 2 is 1.79 bits per heavy atom. The third-order valence-corrected chi connectivity index (χ3v) is 4.92. The number of hydrogen-bond acceptors (Lipinski definition) is 4. The minimum absolute atomic E-state index is 0.304. The first-order chi connectivity index (χ1) is 13.3. The summed E-state index contributed by atoms with van der Waals surface area (Å²) in [6.45, 7) is 6.70. The van der Waals surface area contributed by atoms with E-state index in [9.17, 15) is 14.7 Å². The summed E-state index contributed by atoms with van der Waals surface area (Å²) in [5, 5.41) is 9.85. The normalized spacial score (nSPS) is 12.0. The zero-order valence-electron chi connectivity index (χ0n) is 16.8. The molecule has 0 unspecified atom stereocenters. The summed E-state index contributed by atoms with van der Waals surface area (Å²) in [5.74, 6) is 0.